The molecular formula is C22H26N4S2. The van der Waals surface area contributed by atoms with E-state index in [0.717, 1.165) is 35.3 Å². The summed E-state index contributed by atoms with van der Waals surface area (Å²) in [5.41, 5.74) is 19.4. The van der Waals surface area contributed by atoms with Gasteiger partial charge in [-0.15, -0.1) is 0 Å². The topological polar surface area (TPSA) is 83.6 Å². The van der Waals surface area contributed by atoms with Crippen molar-refractivity contribution in [3.8, 4) is 11.4 Å². The lowest BCUT2D eigenvalue weighted by molar-refractivity contribution is 0.750. The van der Waals surface area contributed by atoms with E-state index in [1.165, 1.54) is 21.9 Å². The Morgan fingerprint density at radius 2 is 1.07 bits per heavy atom. The van der Waals surface area contributed by atoms with Gasteiger partial charge in [-0.05, 0) is 36.1 Å². The molecule has 2 aromatic carbocycles. The van der Waals surface area contributed by atoms with Gasteiger partial charge in [-0.1, -0.05) is 36.4 Å². The highest BCUT2D eigenvalue weighted by atomic mass is 32.1. The molecule has 0 fully saturated rings. The first-order valence-electron chi connectivity index (χ1n) is 9.54. The summed E-state index contributed by atoms with van der Waals surface area (Å²) in [5.74, 6) is 1.28. The third-order valence-corrected chi connectivity index (χ3v) is 6.22. The summed E-state index contributed by atoms with van der Waals surface area (Å²) in [6.07, 6.45) is 1.52. The summed E-state index contributed by atoms with van der Waals surface area (Å²) in [6, 6.07) is 16.7. The molecule has 28 heavy (non-hydrogen) atoms. The van der Waals surface area contributed by atoms with Crippen LogP contribution in [0.4, 0.5) is 0 Å². The van der Waals surface area contributed by atoms with Crippen LogP contribution in [0, 0.1) is 0 Å². The van der Waals surface area contributed by atoms with Crippen molar-refractivity contribution < 1.29 is 0 Å². The van der Waals surface area contributed by atoms with Crippen molar-refractivity contribution in [3.63, 3.8) is 0 Å². The monoisotopic (exact) mass is 410 g/mol. The molecule has 6 heteroatoms. The Kier molecular flexibility index (Phi) is 5.73. The highest BCUT2D eigenvalue weighted by Crippen LogP contribution is 2.36. The predicted octanol–water partition coefficient (Wildman–Crippen LogP) is 3.92. The summed E-state index contributed by atoms with van der Waals surface area (Å²) in [6.45, 7) is 0. The number of thiol groups is 2. The summed E-state index contributed by atoms with van der Waals surface area (Å²) in [5, 5.41) is 2.41. The number of H-pyrrole nitrogens is 2. The molecule has 0 aliphatic carbocycles. The molecule has 4 nitrogen and oxygen atoms in total. The normalized spacial score (nSPS) is 14.0. The molecule has 0 aliphatic rings. The van der Waals surface area contributed by atoms with Gasteiger partial charge in [0.15, 0.2) is 0 Å². The Bertz CT molecular complexity index is 1010. The number of hydrogen-bond acceptors (Lipinski definition) is 4. The third kappa shape index (κ3) is 3.57. The molecule has 2 heterocycles. The maximum atomic E-state index is 6.29. The van der Waals surface area contributed by atoms with Gasteiger partial charge in [0, 0.05) is 45.4 Å². The fourth-order valence-electron chi connectivity index (χ4n) is 3.90. The maximum Gasteiger partial charge on any atom is 0.0666 e. The zero-order chi connectivity index (χ0) is 19.7. The summed E-state index contributed by atoms with van der Waals surface area (Å²) < 4.78 is 0. The van der Waals surface area contributed by atoms with E-state index in [9.17, 15) is 0 Å². The van der Waals surface area contributed by atoms with Crippen LogP contribution in [0.2, 0.25) is 0 Å². The summed E-state index contributed by atoms with van der Waals surface area (Å²) in [4.78, 5) is 7.26. The predicted molar refractivity (Wildman–Crippen MR) is 127 cm³/mol. The minimum absolute atomic E-state index is 0.00573. The van der Waals surface area contributed by atoms with Crippen LogP contribution in [0.25, 0.3) is 33.2 Å². The quantitative estimate of drug-likeness (QED) is 0.261. The average Bonchev–Trinajstić information content (AvgIpc) is 3.26. The van der Waals surface area contributed by atoms with Gasteiger partial charge in [-0.3, -0.25) is 0 Å². The van der Waals surface area contributed by atoms with E-state index < -0.39 is 0 Å². The van der Waals surface area contributed by atoms with Crippen molar-refractivity contribution in [1.82, 2.24) is 9.97 Å². The molecule has 0 spiro atoms. The van der Waals surface area contributed by atoms with Gasteiger partial charge in [0.05, 0.1) is 11.4 Å². The van der Waals surface area contributed by atoms with E-state index in [1.807, 2.05) is 12.1 Å². The van der Waals surface area contributed by atoms with Crippen molar-refractivity contribution in [1.29, 1.82) is 0 Å². The lowest BCUT2D eigenvalue weighted by atomic mass is 9.97. The summed E-state index contributed by atoms with van der Waals surface area (Å²) >= 11 is 8.79. The zero-order valence-electron chi connectivity index (χ0n) is 15.7. The first-order valence-corrected chi connectivity index (χ1v) is 10.8. The number of para-hydroxylation sites is 2. The van der Waals surface area contributed by atoms with E-state index in [2.05, 4.69) is 71.6 Å². The van der Waals surface area contributed by atoms with Gasteiger partial charge >= 0.3 is 0 Å². The Labute approximate surface area is 175 Å². The van der Waals surface area contributed by atoms with Crippen LogP contribution in [-0.4, -0.2) is 33.6 Å². The van der Waals surface area contributed by atoms with Gasteiger partial charge in [0.1, 0.15) is 0 Å². The Balaban J connectivity index is 1.95. The molecule has 4 aromatic rings. The molecule has 0 bridgehead atoms. The third-order valence-electron chi connectivity index (χ3n) is 5.28. The van der Waals surface area contributed by atoms with Crippen molar-refractivity contribution >= 4 is 47.1 Å². The average molecular weight is 411 g/mol. The molecule has 0 saturated carbocycles. The second-order valence-electron chi connectivity index (χ2n) is 7.34. The lowest BCUT2D eigenvalue weighted by Gasteiger charge is -2.13. The standard InChI is InChI=1S/C22H26N4S2/c23-13(11-27)9-17-15-5-1-3-7-19(15)25-21(17)22-18(10-14(24)12-28)16-6-2-4-8-20(16)26-22/h1-8,13-14,25-28H,9-12,23-24H2. The van der Waals surface area contributed by atoms with Crippen LogP contribution in [-0.2, 0) is 12.8 Å². The lowest BCUT2D eigenvalue weighted by Crippen LogP contribution is -2.25. The highest BCUT2D eigenvalue weighted by Gasteiger charge is 2.21. The largest absolute Gasteiger partial charge is 0.353 e. The van der Waals surface area contributed by atoms with E-state index >= 15 is 0 Å². The number of nitrogens with one attached hydrogen (secondary N) is 2. The Morgan fingerprint density at radius 1 is 0.679 bits per heavy atom. The Hall–Kier alpha value is -1.86. The fourth-order valence-corrected chi connectivity index (χ4v) is 4.16. The van der Waals surface area contributed by atoms with E-state index in [4.69, 9.17) is 11.5 Å². The molecule has 2 atom stereocenters. The van der Waals surface area contributed by atoms with Gasteiger partial charge < -0.3 is 21.4 Å². The van der Waals surface area contributed by atoms with Gasteiger partial charge in [0.2, 0.25) is 0 Å². The molecule has 4 rings (SSSR count). The minimum atomic E-state index is -0.00573. The van der Waals surface area contributed by atoms with Crippen LogP contribution in [0.15, 0.2) is 48.5 Å². The highest BCUT2D eigenvalue weighted by molar-refractivity contribution is 7.80. The van der Waals surface area contributed by atoms with Gasteiger partial charge in [0.25, 0.3) is 0 Å². The number of aromatic amines is 2. The zero-order valence-corrected chi connectivity index (χ0v) is 17.4. The molecule has 0 amide bonds. The SMILES string of the molecule is NC(CS)Cc1c(-c2[nH]c3ccccc3c2CC(N)CS)[nH]c2ccccc12. The fraction of sp³-hybridized carbons (Fsp3) is 0.273. The minimum Gasteiger partial charge on any atom is -0.353 e. The number of rotatable bonds is 7. The molecule has 2 aromatic heterocycles. The smallest absolute Gasteiger partial charge is 0.0666 e. The van der Waals surface area contributed by atoms with Crippen LogP contribution >= 0.6 is 25.3 Å². The molecule has 0 saturated heterocycles. The van der Waals surface area contributed by atoms with E-state index in [1.54, 1.807) is 0 Å². The van der Waals surface area contributed by atoms with Gasteiger partial charge in [-0.25, -0.2) is 0 Å². The molecule has 0 aliphatic heterocycles. The van der Waals surface area contributed by atoms with Crippen molar-refractivity contribution in [2.45, 2.75) is 24.9 Å². The van der Waals surface area contributed by atoms with Crippen LogP contribution in [0.5, 0.6) is 0 Å². The Morgan fingerprint density at radius 3 is 1.46 bits per heavy atom. The van der Waals surface area contributed by atoms with Gasteiger partial charge in [-0.2, -0.15) is 25.3 Å². The van der Waals surface area contributed by atoms with Crippen LogP contribution in [0.1, 0.15) is 11.1 Å². The molecule has 6 N–H and O–H groups in total. The van der Waals surface area contributed by atoms with Crippen molar-refractivity contribution in [2.24, 2.45) is 11.5 Å². The maximum absolute atomic E-state index is 6.29. The first-order chi connectivity index (χ1) is 13.6. The number of hydrogen-bond donors (Lipinski definition) is 6. The molecule has 146 valence electrons. The van der Waals surface area contributed by atoms with Crippen molar-refractivity contribution in [2.75, 3.05) is 11.5 Å². The van der Waals surface area contributed by atoms with Crippen LogP contribution < -0.4 is 11.5 Å². The first kappa shape index (κ1) is 19.5. The number of aromatic nitrogens is 2. The number of fused-ring (bicyclic) bond motifs is 2. The molecular weight excluding hydrogens is 384 g/mol. The van der Waals surface area contributed by atoms with Crippen LogP contribution in [0.3, 0.4) is 0 Å². The number of nitrogens with two attached hydrogens (primary N) is 2. The second-order valence-corrected chi connectivity index (χ2v) is 8.07. The molecule has 2 unspecified atom stereocenters. The second kappa shape index (κ2) is 8.25. The van der Waals surface area contributed by atoms with E-state index in [0.29, 0.717) is 11.5 Å². The summed E-state index contributed by atoms with van der Waals surface area (Å²) in [7, 11) is 0. The molecule has 0 radical (unpaired) electrons. The number of benzene rings is 2. The van der Waals surface area contributed by atoms with Crippen molar-refractivity contribution in [3.05, 3.63) is 59.7 Å². The van der Waals surface area contributed by atoms with E-state index in [-0.39, 0.29) is 12.1 Å².